The van der Waals surface area contributed by atoms with Gasteiger partial charge in [0, 0.05) is 38.0 Å². The molecule has 1 aromatic carbocycles. The van der Waals surface area contributed by atoms with Crippen LogP contribution in [0.25, 0.3) is 0 Å². The maximum absolute atomic E-state index is 5.65. The molecule has 0 fully saturated rings. The van der Waals surface area contributed by atoms with Crippen LogP contribution in [0.15, 0.2) is 47.6 Å². The standard InChI is InChI=1S/C20H28N4O2/c1-4-12-26-19-11-10-16(13-22-19)14-23-20(21-3)24-15-17-8-6-7-9-18(17)25-5-2/h6-11,13H,4-5,12,14-15H2,1-3H3,(H2,21,23,24). The van der Waals surface area contributed by atoms with E-state index >= 15 is 0 Å². The zero-order valence-electron chi connectivity index (χ0n) is 15.8. The predicted molar refractivity (Wildman–Crippen MR) is 105 cm³/mol. The highest BCUT2D eigenvalue weighted by Crippen LogP contribution is 2.17. The number of ether oxygens (including phenoxy) is 2. The molecule has 0 aliphatic heterocycles. The summed E-state index contributed by atoms with van der Waals surface area (Å²) in [6.45, 7) is 6.66. The molecule has 0 saturated heterocycles. The first kappa shape index (κ1) is 19.6. The van der Waals surface area contributed by atoms with Crippen LogP contribution in [-0.2, 0) is 13.1 Å². The Morgan fingerprint density at radius 2 is 1.85 bits per heavy atom. The van der Waals surface area contributed by atoms with Gasteiger partial charge in [-0.05, 0) is 25.0 Å². The van der Waals surface area contributed by atoms with Gasteiger partial charge in [-0.2, -0.15) is 0 Å². The molecule has 0 aliphatic rings. The molecule has 0 amide bonds. The fourth-order valence-corrected chi connectivity index (χ4v) is 2.34. The molecule has 1 aromatic heterocycles. The number of benzene rings is 1. The zero-order valence-corrected chi connectivity index (χ0v) is 15.8. The van der Waals surface area contributed by atoms with Crippen molar-refractivity contribution in [3.05, 3.63) is 53.7 Å². The summed E-state index contributed by atoms with van der Waals surface area (Å²) in [5.41, 5.74) is 2.16. The minimum absolute atomic E-state index is 0.633. The smallest absolute Gasteiger partial charge is 0.213 e. The Labute approximate surface area is 155 Å². The number of guanidine groups is 1. The Balaban J connectivity index is 1.84. The number of pyridine rings is 1. The number of hydrogen-bond donors (Lipinski definition) is 2. The summed E-state index contributed by atoms with van der Waals surface area (Å²) >= 11 is 0. The van der Waals surface area contributed by atoms with E-state index in [9.17, 15) is 0 Å². The zero-order chi connectivity index (χ0) is 18.6. The van der Waals surface area contributed by atoms with Gasteiger partial charge in [-0.3, -0.25) is 4.99 Å². The lowest BCUT2D eigenvalue weighted by Gasteiger charge is -2.14. The minimum atomic E-state index is 0.633. The van der Waals surface area contributed by atoms with Crippen molar-refractivity contribution in [3.63, 3.8) is 0 Å². The quantitative estimate of drug-likeness (QED) is 0.534. The summed E-state index contributed by atoms with van der Waals surface area (Å²) in [6, 6.07) is 11.9. The van der Waals surface area contributed by atoms with E-state index in [1.54, 1.807) is 7.05 Å². The third-order valence-electron chi connectivity index (χ3n) is 3.65. The lowest BCUT2D eigenvalue weighted by molar-refractivity contribution is 0.305. The highest BCUT2D eigenvalue weighted by molar-refractivity contribution is 5.79. The Kier molecular flexibility index (Phi) is 8.26. The number of para-hydroxylation sites is 1. The maximum atomic E-state index is 5.65. The van der Waals surface area contributed by atoms with Crippen LogP contribution in [0, 0.1) is 0 Å². The van der Waals surface area contributed by atoms with Crippen molar-refractivity contribution in [3.8, 4) is 11.6 Å². The van der Waals surface area contributed by atoms with Gasteiger partial charge in [0.1, 0.15) is 5.75 Å². The molecule has 140 valence electrons. The largest absolute Gasteiger partial charge is 0.494 e. The van der Waals surface area contributed by atoms with Gasteiger partial charge >= 0.3 is 0 Å². The summed E-state index contributed by atoms with van der Waals surface area (Å²) in [4.78, 5) is 8.57. The van der Waals surface area contributed by atoms with Crippen molar-refractivity contribution in [2.24, 2.45) is 4.99 Å². The van der Waals surface area contributed by atoms with E-state index in [0.717, 1.165) is 29.3 Å². The van der Waals surface area contributed by atoms with Gasteiger partial charge in [0.15, 0.2) is 5.96 Å². The Bertz CT molecular complexity index is 686. The lowest BCUT2D eigenvalue weighted by Crippen LogP contribution is -2.36. The molecule has 0 radical (unpaired) electrons. The molecule has 26 heavy (non-hydrogen) atoms. The normalized spacial score (nSPS) is 11.1. The molecule has 6 heteroatoms. The molecule has 0 saturated carbocycles. The van der Waals surface area contributed by atoms with Crippen LogP contribution >= 0.6 is 0 Å². The monoisotopic (exact) mass is 356 g/mol. The van der Waals surface area contributed by atoms with E-state index in [1.807, 2.05) is 49.5 Å². The van der Waals surface area contributed by atoms with Gasteiger partial charge < -0.3 is 20.1 Å². The molecule has 2 N–H and O–H groups in total. The first-order valence-electron chi connectivity index (χ1n) is 8.99. The summed E-state index contributed by atoms with van der Waals surface area (Å²) in [6.07, 6.45) is 2.79. The van der Waals surface area contributed by atoms with Crippen LogP contribution < -0.4 is 20.1 Å². The first-order chi connectivity index (χ1) is 12.8. The topological polar surface area (TPSA) is 67.8 Å². The van der Waals surface area contributed by atoms with Gasteiger partial charge in [-0.15, -0.1) is 0 Å². The van der Waals surface area contributed by atoms with Crippen LogP contribution in [0.5, 0.6) is 11.6 Å². The van der Waals surface area contributed by atoms with E-state index in [1.165, 1.54) is 0 Å². The Hall–Kier alpha value is -2.76. The van der Waals surface area contributed by atoms with Gasteiger partial charge in [0.25, 0.3) is 0 Å². The van der Waals surface area contributed by atoms with Gasteiger partial charge in [-0.25, -0.2) is 4.98 Å². The third-order valence-corrected chi connectivity index (χ3v) is 3.65. The van der Waals surface area contributed by atoms with Gasteiger partial charge in [0.05, 0.1) is 13.2 Å². The van der Waals surface area contributed by atoms with Crippen LogP contribution in [0.1, 0.15) is 31.4 Å². The average molecular weight is 356 g/mol. The SMILES string of the molecule is CCCOc1ccc(CNC(=NC)NCc2ccccc2OCC)cn1. The molecule has 2 rings (SSSR count). The molecule has 0 atom stereocenters. The second-order valence-corrected chi connectivity index (χ2v) is 5.67. The van der Waals surface area contributed by atoms with Gasteiger partial charge in [0.2, 0.25) is 5.88 Å². The van der Waals surface area contributed by atoms with Crippen molar-refractivity contribution in [1.29, 1.82) is 0 Å². The molecule has 6 nitrogen and oxygen atoms in total. The molecular weight excluding hydrogens is 328 g/mol. The van der Waals surface area contributed by atoms with Crippen molar-refractivity contribution < 1.29 is 9.47 Å². The van der Waals surface area contributed by atoms with Crippen molar-refractivity contribution in [2.75, 3.05) is 20.3 Å². The second-order valence-electron chi connectivity index (χ2n) is 5.67. The van der Waals surface area contributed by atoms with Crippen LogP contribution in [0.2, 0.25) is 0 Å². The van der Waals surface area contributed by atoms with E-state index in [0.29, 0.717) is 32.2 Å². The van der Waals surface area contributed by atoms with E-state index in [4.69, 9.17) is 9.47 Å². The molecule has 0 unspecified atom stereocenters. The number of nitrogens with zero attached hydrogens (tertiary/aromatic N) is 2. The summed E-state index contributed by atoms with van der Waals surface area (Å²) < 4.78 is 11.1. The Morgan fingerprint density at radius 3 is 2.54 bits per heavy atom. The van der Waals surface area contributed by atoms with Crippen molar-refractivity contribution >= 4 is 5.96 Å². The highest BCUT2D eigenvalue weighted by Gasteiger charge is 2.04. The third kappa shape index (κ3) is 6.27. The summed E-state index contributed by atoms with van der Waals surface area (Å²) in [7, 11) is 1.75. The summed E-state index contributed by atoms with van der Waals surface area (Å²) in [5, 5.41) is 6.60. The number of nitrogens with one attached hydrogen (secondary N) is 2. The number of aromatic nitrogens is 1. The van der Waals surface area contributed by atoms with Gasteiger partial charge in [-0.1, -0.05) is 31.2 Å². The fourth-order valence-electron chi connectivity index (χ4n) is 2.34. The summed E-state index contributed by atoms with van der Waals surface area (Å²) in [5.74, 6) is 2.28. The lowest BCUT2D eigenvalue weighted by atomic mass is 10.2. The molecule has 2 aromatic rings. The van der Waals surface area contributed by atoms with E-state index in [-0.39, 0.29) is 0 Å². The van der Waals surface area contributed by atoms with Crippen LogP contribution in [0.3, 0.4) is 0 Å². The first-order valence-corrected chi connectivity index (χ1v) is 8.99. The second kappa shape index (κ2) is 11.0. The molecule has 0 bridgehead atoms. The molecule has 0 spiro atoms. The maximum Gasteiger partial charge on any atom is 0.213 e. The van der Waals surface area contributed by atoms with E-state index < -0.39 is 0 Å². The predicted octanol–water partition coefficient (Wildman–Crippen LogP) is 3.13. The molecular formula is C20H28N4O2. The molecule has 1 heterocycles. The van der Waals surface area contributed by atoms with E-state index in [2.05, 4.69) is 27.5 Å². The fraction of sp³-hybridized carbons (Fsp3) is 0.400. The molecule has 0 aliphatic carbocycles. The number of rotatable bonds is 9. The van der Waals surface area contributed by atoms with Crippen molar-refractivity contribution in [2.45, 2.75) is 33.4 Å². The van der Waals surface area contributed by atoms with Crippen LogP contribution in [0.4, 0.5) is 0 Å². The highest BCUT2D eigenvalue weighted by atomic mass is 16.5. The number of hydrogen-bond acceptors (Lipinski definition) is 4. The minimum Gasteiger partial charge on any atom is -0.494 e. The van der Waals surface area contributed by atoms with Crippen LogP contribution in [-0.4, -0.2) is 31.2 Å². The van der Waals surface area contributed by atoms with Crippen molar-refractivity contribution in [1.82, 2.24) is 15.6 Å². The average Bonchev–Trinajstić information content (AvgIpc) is 2.68. The number of aliphatic imine (C=N–C) groups is 1. The Morgan fingerprint density at radius 1 is 1.04 bits per heavy atom.